The maximum atomic E-state index is 12.2. The third kappa shape index (κ3) is 16.0. The molecule has 10 heteroatoms. The van der Waals surface area contributed by atoms with Gasteiger partial charge in [0.2, 0.25) is 0 Å². The van der Waals surface area contributed by atoms with Gasteiger partial charge in [-0.1, -0.05) is 66.2 Å². The molecular formula is C20H40BrNaO7S. The molecular weight excluding hydrogens is 487 g/mol. The maximum Gasteiger partial charge on any atom is 1.00 e. The Bertz CT molecular complexity index is 564. The molecule has 0 aromatic rings. The number of esters is 2. The van der Waals surface area contributed by atoms with E-state index in [-0.39, 0.29) is 73.0 Å². The van der Waals surface area contributed by atoms with E-state index in [2.05, 4.69) is 13.8 Å². The molecule has 0 spiro atoms. The first kappa shape index (κ1) is 34.9. The van der Waals surface area contributed by atoms with Crippen LogP contribution in [0.5, 0.6) is 0 Å². The second-order valence-electron chi connectivity index (χ2n) is 7.35. The van der Waals surface area contributed by atoms with Crippen molar-refractivity contribution in [2.24, 2.45) is 11.8 Å². The van der Waals surface area contributed by atoms with Crippen molar-refractivity contribution in [1.29, 1.82) is 0 Å². The summed E-state index contributed by atoms with van der Waals surface area (Å²) in [5.41, 5.74) is 0. The Hall–Kier alpha value is 0.330. The molecule has 0 fully saturated rings. The summed E-state index contributed by atoms with van der Waals surface area (Å²) in [7, 11) is -4.76. The normalized spacial score (nSPS) is 13.9. The van der Waals surface area contributed by atoms with Gasteiger partial charge in [0.1, 0.15) is 0 Å². The van der Waals surface area contributed by atoms with E-state index in [1.165, 1.54) is 0 Å². The summed E-state index contributed by atoms with van der Waals surface area (Å²) in [6, 6.07) is 0. The van der Waals surface area contributed by atoms with Gasteiger partial charge < -0.3 is 10.9 Å². The smallest absolute Gasteiger partial charge is 1.00 e. The van der Waals surface area contributed by atoms with E-state index in [1.807, 2.05) is 13.8 Å². The average molecular weight is 527 g/mol. The molecule has 0 saturated carbocycles. The Kier molecular flexibility index (Phi) is 23.3. The number of carbonyl (C=O) groups is 2. The molecule has 0 aromatic carbocycles. The van der Waals surface area contributed by atoms with Crippen LogP contribution in [-0.2, 0) is 29.2 Å². The first-order valence-corrected chi connectivity index (χ1v) is 12.0. The van der Waals surface area contributed by atoms with E-state index in [9.17, 15) is 22.6 Å². The van der Waals surface area contributed by atoms with Gasteiger partial charge in [-0.15, -0.1) is 17.0 Å². The van der Waals surface area contributed by atoms with Gasteiger partial charge in [0.25, 0.3) is 10.1 Å². The number of ether oxygens (including phenoxy) is 2. The van der Waals surface area contributed by atoms with E-state index < -0.39 is 33.7 Å². The molecule has 30 heavy (non-hydrogen) atoms. The minimum Gasteiger partial charge on any atom is -1.00 e. The van der Waals surface area contributed by atoms with Gasteiger partial charge in [0, 0.05) is 0 Å². The Morgan fingerprint density at radius 3 is 1.70 bits per heavy atom. The molecule has 176 valence electrons. The van der Waals surface area contributed by atoms with Gasteiger partial charge in [0.05, 0.1) is 19.6 Å². The second-order valence-corrected chi connectivity index (χ2v) is 8.95. The van der Waals surface area contributed by atoms with Crippen LogP contribution in [0.4, 0.5) is 0 Å². The summed E-state index contributed by atoms with van der Waals surface area (Å²) >= 11 is 0. The minimum atomic E-state index is -4.76. The molecule has 0 aliphatic heterocycles. The number of hydrogen-bond donors (Lipinski definition) is 1. The van der Waals surface area contributed by atoms with Crippen LogP contribution in [-0.4, -0.2) is 43.4 Å². The van der Waals surface area contributed by atoms with Crippen molar-refractivity contribution < 1.29 is 63.0 Å². The van der Waals surface area contributed by atoms with Crippen molar-refractivity contribution in [3.63, 3.8) is 0 Å². The summed E-state index contributed by atoms with van der Waals surface area (Å²) in [6.45, 7) is 8.35. The van der Waals surface area contributed by atoms with Gasteiger partial charge in [-0.25, -0.2) is 0 Å². The van der Waals surface area contributed by atoms with Crippen LogP contribution in [0.15, 0.2) is 0 Å². The van der Waals surface area contributed by atoms with Crippen LogP contribution in [0.3, 0.4) is 0 Å². The van der Waals surface area contributed by atoms with Gasteiger partial charge in [0.15, 0.2) is 5.25 Å². The largest absolute Gasteiger partial charge is 1.00 e. The third-order valence-corrected chi connectivity index (χ3v) is 6.08. The summed E-state index contributed by atoms with van der Waals surface area (Å²) < 4.78 is 42.8. The summed E-state index contributed by atoms with van der Waals surface area (Å²) in [5.74, 6) is -1.61. The van der Waals surface area contributed by atoms with Crippen molar-refractivity contribution in [3.8, 4) is 0 Å². The molecule has 0 aliphatic carbocycles. The van der Waals surface area contributed by atoms with Crippen LogP contribution in [0.25, 0.3) is 0 Å². The van der Waals surface area contributed by atoms with Crippen LogP contribution in [0.1, 0.15) is 86.9 Å². The number of carbonyl (C=O) groups excluding carboxylic acids is 2. The molecule has 0 radical (unpaired) electrons. The van der Waals surface area contributed by atoms with Crippen molar-refractivity contribution >= 4 is 39.0 Å². The fourth-order valence-electron chi connectivity index (χ4n) is 2.82. The standard InChI is InChI=1S/C20H38O7S.BrH.Na.H/c1-5-9-11-16(7-3)14-26-19(21)13-18(28(23,24)25)20(22)27-15-17(8-4)12-10-6-2;;;/h16-18H,5-15H2,1-4H3,(H,23,24,25);1H;;/q;;+1;-1. The molecule has 0 aliphatic rings. The van der Waals surface area contributed by atoms with E-state index in [4.69, 9.17) is 9.47 Å². The van der Waals surface area contributed by atoms with Crippen LogP contribution in [0.2, 0.25) is 0 Å². The monoisotopic (exact) mass is 526 g/mol. The Morgan fingerprint density at radius 2 is 1.33 bits per heavy atom. The number of hydrogen-bond acceptors (Lipinski definition) is 6. The first-order valence-electron chi connectivity index (χ1n) is 10.5. The molecule has 0 saturated heterocycles. The topological polar surface area (TPSA) is 107 Å². The van der Waals surface area contributed by atoms with Crippen molar-refractivity contribution in [1.82, 2.24) is 0 Å². The van der Waals surface area contributed by atoms with Crippen molar-refractivity contribution in [3.05, 3.63) is 0 Å². The van der Waals surface area contributed by atoms with Crippen molar-refractivity contribution in [2.45, 2.75) is 90.7 Å². The summed E-state index contributed by atoms with van der Waals surface area (Å²) in [6.07, 6.45) is 6.74. The first-order chi connectivity index (χ1) is 13.2. The van der Waals surface area contributed by atoms with Gasteiger partial charge >= 0.3 is 41.5 Å². The number of unbranched alkanes of at least 4 members (excludes halogenated alkanes) is 2. The molecule has 0 amide bonds. The molecule has 0 heterocycles. The summed E-state index contributed by atoms with van der Waals surface area (Å²) in [4.78, 5) is 24.2. The molecule has 0 bridgehead atoms. The predicted molar refractivity (Wildman–Crippen MR) is 120 cm³/mol. The van der Waals surface area contributed by atoms with Gasteiger partial charge in [-0.05, 0) is 24.7 Å². The van der Waals surface area contributed by atoms with Crippen LogP contribution in [0, 0.1) is 11.8 Å². The quantitative estimate of drug-likeness (QED) is 0.186. The van der Waals surface area contributed by atoms with E-state index in [1.54, 1.807) is 0 Å². The Labute approximate surface area is 216 Å². The van der Waals surface area contributed by atoms with E-state index >= 15 is 0 Å². The summed E-state index contributed by atoms with van der Waals surface area (Å²) in [5, 5.41) is -1.95. The average Bonchev–Trinajstić information content (AvgIpc) is 2.65. The third-order valence-electron chi connectivity index (χ3n) is 5.00. The van der Waals surface area contributed by atoms with Crippen LogP contribution < -0.4 is 29.6 Å². The zero-order valence-electron chi connectivity index (χ0n) is 20.2. The zero-order valence-corrected chi connectivity index (χ0v) is 23.8. The molecule has 3 unspecified atom stereocenters. The number of halogens is 1. The van der Waals surface area contributed by atoms with Gasteiger partial charge in [-0.2, -0.15) is 8.42 Å². The minimum absolute atomic E-state index is 0. The maximum absolute atomic E-state index is 12.2. The second kappa shape index (κ2) is 20.0. The molecule has 1 N–H and O–H groups in total. The molecule has 0 aromatic heterocycles. The van der Waals surface area contributed by atoms with E-state index in [0.29, 0.717) is 0 Å². The van der Waals surface area contributed by atoms with Crippen molar-refractivity contribution in [2.75, 3.05) is 13.2 Å². The van der Waals surface area contributed by atoms with Crippen LogP contribution >= 0.6 is 17.0 Å². The van der Waals surface area contributed by atoms with E-state index in [0.717, 1.165) is 51.4 Å². The zero-order chi connectivity index (χ0) is 21.6. The molecule has 7 nitrogen and oxygen atoms in total. The number of rotatable bonds is 16. The predicted octanol–water partition coefficient (Wildman–Crippen LogP) is 1.85. The van der Waals surface area contributed by atoms with Gasteiger partial charge in [-0.3, -0.25) is 14.1 Å². The molecule has 0 rings (SSSR count). The SMILES string of the molecule is Br.CCCCC(CC)COC(=O)CC(C(=O)OCC(CC)CCCC)S(=O)(=O)O.[H-].[Na+]. The Morgan fingerprint density at radius 1 is 0.900 bits per heavy atom. The molecule has 3 atom stereocenters. The Balaban J connectivity index is -0.00000121. The fourth-order valence-corrected chi connectivity index (χ4v) is 3.48. The fraction of sp³-hybridized carbons (Fsp3) is 0.900.